The van der Waals surface area contributed by atoms with Crippen LogP contribution in [0.3, 0.4) is 0 Å². The second-order valence-corrected chi connectivity index (χ2v) is 6.30. The van der Waals surface area contributed by atoms with Gasteiger partial charge in [0.1, 0.15) is 5.60 Å². The number of carbonyl (C=O) groups is 1. The van der Waals surface area contributed by atoms with Crippen LogP contribution in [0, 0.1) is 6.92 Å². The molecular weight excluding hydrogens is 292 g/mol. The summed E-state index contributed by atoms with van der Waals surface area (Å²) < 4.78 is 6.49. The molecule has 0 bridgehead atoms. The third-order valence-electron chi connectivity index (χ3n) is 3.05. The predicted molar refractivity (Wildman–Crippen MR) is 83.1 cm³/mol. The van der Waals surface area contributed by atoms with Gasteiger partial charge >= 0.3 is 13.2 Å². The van der Waals surface area contributed by atoms with E-state index in [4.69, 9.17) is 16.3 Å². The molecule has 7 heteroatoms. The minimum atomic E-state index is -1.79. The van der Waals surface area contributed by atoms with Crippen LogP contribution >= 0.6 is 11.6 Å². The summed E-state index contributed by atoms with van der Waals surface area (Å²) in [5, 5.41) is 20.4. The van der Waals surface area contributed by atoms with E-state index in [0.717, 1.165) is 4.57 Å². The van der Waals surface area contributed by atoms with Crippen LogP contribution in [0.1, 0.15) is 26.3 Å². The zero-order valence-corrected chi connectivity index (χ0v) is 13.1. The third kappa shape index (κ3) is 3.07. The molecule has 0 amide bonds. The zero-order valence-electron chi connectivity index (χ0n) is 12.3. The number of carbonyl (C=O) groups excluding carboxylic acids is 1. The number of nitrogens with zero attached hydrogens (tertiary/aromatic N) is 1. The summed E-state index contributed by atoms with van der Waals surface area (Å²) in [5.41, 5.74) is 0.471. The van der Waals surface area contributed by atoms with E-state index in [9.17, 15) is 14.8 Å². The van der Waals surface area contributed by atoms with Gasteiger partial charge in [-0.2, -0.15) is 0 Å². The molecule has 1 aromatic carbocycles. The Bertz CT molecular complexity index is 703. The first-order valence-electron chi connectivity index (χ1n) is 6.52. The Morgan fingerprint density at radius 1 is 1.33 bits per heavy atom. The molecule has 1 heterocycles. The molecule has 0 fully saturated rings. The molecule has 0 saturated heterocycles. The van der Waals surface area contributed by atoms with Crippen molar-refractivity contribution in [3.8, 4) is 0 Å². The van der Waals surface area contributed by atoms with Crippen molar-refractivity contribution in [2.75, 3.05) is 0 Å². The fourth-order valence-electron chi connectivity index (χ4n) is 2.26. The highest BCUT2D eigenvalue weighted by molar-refractivity contribution is 6.59. The average Bonchev–Trinajstić information content (AvgIpc) is 2.60. The van der Waals surface area contributed by atoms with Gasteiger partial charge in [-0.15, -0.1) is 0 Å². The van der Waals surface area contributed by atoms with Crippen molar-refractivity contribution in [3.05, 3.63) is 28.8 Å². The summed E-state index contributed by atoms with van der Waals surface area (Å²) in [5.74, 6) is 0. The molecule has 0 spiro atoms. The number of halogens is 1. The van der Waals surface area contributed by atoms with E-state index in [-0.39, 0.29) is 5.59 Å². The minimum Gasteiger partial charge on any atom is -0.443 e. The topological polar surface area (TPSA) is 71.7 Å². The molecule has 2 rings (SSSR count). The van der Waals surface area contributed by atoms with Gasteiger partial charge in [0.05, 0.1) is 11.1 Å². The normalized spacial score (nSPS) is 11.8. The number of aryl methyl sites for hydroxylation is 1. The standard InChI is InChI=1S/C14H17BClNO4/c1-8-10-6-5-9(16)7-11(10)17(12(8)15(19)20)13(18)21-14(2,3)4/h5-7,19-20H,1-4H3. The van der Waals surface area contributed by atoms with E-state index in [0.29, 0.717) is 21.5 Å². The maximum absolute atomic E-state index is 12.4. The molecule has 21 heavy (non-hydrogen) atoms. The second kappa shape index (κ2) is 5.37. The number of fused-ring (bicyclic) bond motifs is 1. The van der Waals surface area contributed by atoms with Gasteiger partial charge < -0.3 is 14.8 Å². The summed E-state index contributed by atoms with van der Waals surface area (Å²) in [6, 6.07) is 5.02. The fraction of sp³-hybridized carbons (Fsp3) is 0.357. The first kappa shape index (κ1) is 15.9. The number of hydrogen-bond acceptors (Lipinski definition) is 4. The number of rotatable bonds is 1. The Balaban J connectivity index is 2.72. The zero-order chi connectivity index (χ0) is 15.9. The molecule has 112 valence electrons. The van der Waals surface area contributed by atoms with E-state index >= 15 is 0 Å². The summed E-state index contributed by atoms with van der Waals surface area (Å²) in [7, 11) is -1.79. The number of hydrogen-bond donors (Lipinski definition) is 2. The highest BCUT2D eigenvalue weighted by atomic mass is 35.5. The van der Waals surface area contributed by atoms with Crippen LogP contribution in [-0.4, -0.2) is 33.4 Å². The SMILES string of the molecule is Cc1c(B(O)O)n(C(=O)OC(C)(C)C)c2cc(Cl)ccc12. The van der Waals surface area contributed by atoms with Crippen molar-refractivity contribution < 1.29 is 19.6 Å². The average molecular weight is 310 g/mol. The lowest BCUT2D eigenvalue weighted by Gasteiger charge is -2.21. The number of benzene rings is 1. The first-order valence-corrected chi connectivity index (χ1v) is 6.89. The van der Waals surface area contributed by atoms with Crippen molar-refractivity contribution in [1.29, 1.82) is 0 Å². The molecule has 1 aromatic heterocycles. The molecule has 0 radical (unpaired) electrons. The monoisotopic (exact) mass is 309 g/mol. The van der Waals surface area contributed by atoms with Gasteiger partial charge in [0.25, 0.3) is 0 Å². The van der Waals surface area contributed by atoms with Crippen molar-refractivity contribution in [1.82, 2.24) is 4.57 Å². The fourth-order valence-corrected chi connectivity index (χ4v) is 2.42. The number of ether oxygens (including phenoxy) is 1. The van der Waals surface area contributed by atoms with Crippen LogP contribution in [0.5, 0.6) is 0 Å². The van der Waals surface area contributed by atoms with Gasteiger partial charge in [0.2, 0.25) is 0 Å². The van der Waals surface area contributed by atoms with Crippen molar-refractivity contribution in [2.24, 2.45) is 0 Å². The molecule has 5 nitrogen and oxygen atoms in total. The van der Waals surface area contributed by atoms with E-state index < -0.39 is 18.8 Å². The van der Waals surface area contributed by atoms with E-state index in [1.807, 2.05) is 0 Å². The number of aromatic nitrogens is 1. The quantitative estimate of drug-likeness (QED) is 0.791. The first-order chi connectivity index (χ1) is 9.61. The Morgan fingerprint density at radius 3 is 2.48 bits per heavy atom. The molecule has 2 N–H and O–H groups in total. The van der Waals surface area contributed by atoms with E-state index in [1.54, 1.807) is 45.9 Å². The predicted octanol–water partition coefficient (Wildman–Crippen LogP) is 2.07. The Hall–Kier alpha value is -1.50. The second-order valence-electron chi connectivity index (χ2n) is 5.86. The van der Waals surface area contributed by atoms with Gasteiger partial charge in [0, 0.05) is 10.4 Å². The van der Waals surface area contributed by atoms with Gasteiger partial charge in [0.15, 0.2) is 0 Å². The van der Waals surface area contributed by atoms with Gasteiger partial charge in [-0.25, -0.2) is 4.79 Å². The molecular formula is C14H17BClNO4. The highest BCUT2D eigenvalue weighted by Crippen LogP contribution is 2.24. The minimum absolute atomic E-state index is 0.0847. The largest absolute Gasteiger partial charge is 0.506 e. The molecule has 0 unspecified atom stereocenters. The molecule has 0 aliphatic rings. The summed E-state index contributed by atoms with van der Waals surface area (Å²) >= 11 is 5.98. The lowest BCUT2D eigenvalue weighted by atomic mass is 9.83. The van der Waals surface area contributed by atoms with E-state index in [1.165, 1.54) is 0 Å². The Kier molecular flexibility index (Phi) is 4.06. The lowest BCUT2D eigenvalue weighted by Crippen LogP contribution is -2.42. The third-order valence-corrected chi connectivity index (χ3v) is 3.29. The summed E-state index contributed by atoms with van der Waals surface area (Å²) in [6.07, 6.45) is -0.675. The smallest absolute Gasteiger partial charge is 0.443 e. The highest BCUT2D eigenvalue weighted by Gasteiger charge is 2.29. The summed E-state index contributed by atoms with van der Waals surface area (Å²) in [4.78, 5) is 12.4. The Morgan fingerprint density at radius 2 is 1.95 bits per heavy atom. The van der Waals surface area contributed by atoms with Gasteiger partial charge in [-0.1, -0.05) is 17.7 Å². The van der Waals surface area contributed by atoms with E-state index in [2.05, 4.69) is 0 Å². The molecule has 0 atom stereocenters. The molecule has 0 aliphatic heterocycles. The maximum atomic E-state index is 12.4. The molecule has 0 saturated carbocycles. The van der Waals surface area contributed by atoms with Crippen LogP contribution in [0.25, 0.3) is 10.9 Å². The van der Waals surface area contributed by atoms with Crippen molar-refractivity contribution in [2.45, 2.75) is 33.3 Å². The van der Waals surface area contributed by atoms with Crippen LogP contribution in [-0.2, 0) is 4.74 Å². The molecule has 2 aromatic rings. The Labute approximate surface area is 128 Å². The van der Waals surface area contributed by atoms with Crippen LogP contribution in [0.15, 0.2) is 18.2 Å². The maximum Gasteiger partial charge on any atom is 0.506 e. The van der Waals surface area contributed by atoms with Crippen molar-refractivity contribution in [3.63, 3.8) is 0 Å². The van der Waals surface area contributed by atoms with Crippen LogP contribution < -0.4 is 5.59 Å². The van der Waals surface area contributed by atoms with Crippen molar-refractivity contribution >= 4 is 41.3 Å². The summed E-state index contributed by atoms with van der Waals surface area (Å²) in [6.45, 7) is 6.94. The van der Waals surface area contributed by atoms with Crippen LogP contribution in [0.4, 0.5) is 4.79 Å². The molecule has 0 aliphatic carbocycles. The lowest BCUT2D eigenvalue weighted by molar-refractivity contribution is 0.0547. The van der Waals surface area contributed by atoms with Gasteiger partial charge in [-0.05, 0) is 45.4 Å². The van der Waals surface area contributed by atoms with Gasteiger partial charge in [-0.3, -0.25) is 4.57 Å². The van der Waals surface area contributed by atoms with Crippen LogP contribution in [0.2, 0.25) is 5.02 Å².